The predicted octanol–water partition coefficient (Wildman–Crippen LogP) is 0.722. The standard InChI is InChI=1S/C21H26N6O2S/c22-11-18-10-17(19(12-23)13-24)3-4-21(18)26-14-16-5-8-27(9-6-16)30(28,29)20-2-1-7-25-15-20/h1-4,7,10-13,15-16,22-23,26H,5-6,8-9,14,24H2/p+1/b19-13+,22-11?,23-12?. The van der Waals surface area contributed by atoms with Crippen molar-refractivity contribution in [3.8, 4) is 0 Å². The summed E-state index contributed by atoms with van der Waals surface area (Å²) >= 11 is 0. The minimum atomic E-state index is -3.49. The van der Waals surface area contributed by atoms with Crippen molar-refractivity contribution >= 4 is 33.7 Å². The third-order valence-electron chi connectivity index (χ3n) is 5.33. The smallest absolute Gasteiger partial charge is 0.244 e. The molecule has 0 spiro atoms. The summed E-state index contributed by atoms with van der Waals surface area (Å²) in [6, 6.07) is 8.91. The lowest BCUT2D eigenvalue weighted by molar-refractivity contribution is -0.104. The lowest BCUT2D eigenvalue weighted by Crippen LogP contribution is -2.40. The van der Waals surface area contributed by atoms with Gasteiger partial charge in [-0.15, -0.1) is 0 Å². The fourth-order valence-electron chi connectivity index (χ4n) is 3.53. The summed E-state index contributed by atoms with van der Waals surface area (Å²) < 4.78 is 27.0. The van der Waals surface area contributed by atoms with E-state index in [4.69, 9.17) is 16.6 Å². The summed E-state index contributed by atoms with van der Waals surface area (Å²) in [5, 5.41) is 16.6. The van der Waals surface area contributed by atoms with Crippen LogP contribution in [0.3, 0.4) is 0 Å². The Balaban J connectivity index is 1.60. The van der Waals surface area contributed by atoms with Crippen molar-refractivity contribution in [2.75, 3.05) is 25.0 Å². The molecule has 0 aliphatic carbocycles. The van der Waals surface area contributed by atoms with E-state index < -0.39 is 10.0 Å². The molecule has 30 heavy (non-hydrogen) atoms. The van der Waals surface area contributed by atoms with Crippen molar-refractivity contribution in [2.24, 2.45) is 11.7 Å². The molecule has 2 aromatic rings. The second kappa shape index (κ2) is 9.64. The lowest BCUT2D eigenvalue weighted by Gasteiger charge is -2.31. The van der Waals surface area contributed by atoms with Gasteiger partial charge in [0.1, 0.15) is 4.90 Å². The number of sulfonamides is 1. The van der Waals surface area contributed by atoms with Gasteiger partial charge in [0.15, 0.2) is 6.21 Å². The van der Waals surface area contributed by atoms with E-state index in [1.807, 2.05) is 18.2 Å². The minimum Gasteiger partial charge on any atom is -0.404 e. The number of allylic oxidation sites excluding steroid dienone is 1. The van der Waals surface area contributed by atoms with Gasteiger partial charge in [-0.3, -0.25) is 10.4 Å². The number of aromatic nitrogens is 1. The summed E-state index contributed by atoms with van der Waals surface area (Å²) in [7, 11) is -3.49. The Hall–Kier alpha value is -3.04. The fraction of sp³-hybridized carbons (Fsp3) is 0.286. The van der Waals surface area contributed by atoms with E-state index in [-0.39, 0.29) is 4.90 Å². The van der Waals surface area contributed by atoms with Crippen LogP contribution in [0.15, 0.2) is 53.8 Å². The second-order valence-corrected chi connectivity index (χ2v) is 9.09. The molecule has 1 aliphatic heterocycles. The molecular formula is C21H27N6O2S+. The monoisotopic (exact) mass is 427 g/mol. The van der Waals surface area contributed by atoms with E-state index in [0.717, 1.165) is 36.2 Å². The highest BCUT2D eigenvalue weighted by Crippen LogP contribution is 2.25. The van der Waals surface area contributed by atoms with E-state index in [1.54, 1.807) is 18.3 Å². The molecule has 1 aromatic heterocycles. The third kappa shape index (κ3) is 4.74. The van der Waals surface area contributed by atoms with Crippen LogP contribution in [0.25, 0.3) is 5.57 Å². The zero-order valence-corrected chi connectivity index (χ0v) is 17.5. The topological polar surface area (TPSA) is 138 Å². The molecule has 1 fully saturated rings. The normalized spacial score (nSPS) is 16.2. The Labute approximate surface area is 176 Å². The molecule has 158 valence electrons. The van der Waals surface area contributed by atoms with E-state index in [9.17, 15) is 8.42 Å². The number of hydrogen-bond acceptors (Lipinski definition) is 6. The SMILES string of the molecule is N=C/C(=C\N)c1ccc(NCC2CCN(S(=O)(=O)c3cccnc3)CC2)c(C=[NH2+])c1. The number of pyridine rings is 1. The highest BCUT2D eigenvalue weighted by molar-refractivity contribution is 7.89. The van der Waals surface area contributed by atoms with Gasteiger partial charge < -0.3 is 16.5 Å². The number of benzene rings is 1. The summed E-state index contributed by atoms with van der Waals surface area (Å²) in [5.41, 5.74) is 8.72. The Morgan fingerprint density at radius 3 is 2.70 bits per heavy atom. The molecule has 0 saturated carbocycles. The highest BCUT2D eigenvalue weighted by atomic mass is 32.2. The molecule has 6 N–H and O–H groups in total. The maximum absolute atomic E-state index is 12.7. The molecule has 1 aliphatic rings. The number of nitrogens with one attached hydrogen (secondary N) is 2. The molecule has 0 amide bonds. The molecular weight excluding hydrogens is 400 g/mol. The van der Waals surface area contributed by atoms with Crippen LogP contribution in [0.1, 0.15) is 24.0 Å². The number of nitrogens with zero attached hydrogens (tertiary/aromatic N) is 2. The predicted molar refractivity (Wildman–Crippen MR) is 119 cm³/mol. The van der Waals surface area contributed by atoms with E-state index in [1.165, 1.54) is 29.1 Å². The Bertz CT molecular complexity index is 1030. The summed E-state index contributed by atoms with van der Waals surface area (Å²) in [5.74, 6) is 0.358. The highest BCUT2D eigenvalue weighted by Gasteiger charge is 2.29. The van der Waals surface area contributed by atoms with Gasteiger partial charge >= 0.3 is 0 Å². The zero-order chi connectivity index (χ0) is 21.6. The van der Waals surface area contributed by atoms with E-state index in [2.05, 4.69) is 10.3 Å². The van der Waals surface area contributed by atoms with Crippen molar-refractivity contribution in [2.45, 2.75) is 17.7 Å². The van der Waals surface area contributed by atoms with Crippen LogP contribution < -0.4 is 16.5 Å². The third-order valence-corrected chi connectivity index (χ3v) is 7.21. The molecule has 8 nitrogen and oxygen atoms in total. The van der Waals surface area contributed by atoms with Gasteiger partial charge in [0, 0.05) is 55.7 Å². The summed E-state index contributed by atoms with van der Waals surface area (Å²) in [4.78, 5) is 4.15. The Morgan fingerprint density at radius 2 is 2.10 bits per heavy atom. The number of nitrogens with two attached hydrogens (primary N) is 2. The minimum absolute atomic E-state index is 0.237. The molecule has 0 bridgehead atoms. The number of rotatable bonds is 8. The fourth-order valence-corrected chi connectivity index (χ4v) is 4.96. The average molecular weight is 428 g/mol. The van der Waals surface area contributed by atoms with Gasteiger partial charge in [0.05, 0.1) is 5.56 Å². The van der Waals surface area contributed by atoms with Crippen molar-refractivity contribution in [1.29, 1.82) is 5.41 Å². The van der Waals surface area contributed by atoms with Crippen LogP contribution in [0.5, 0.6) is 0 Å². The first-order chi connectivity index (χ1) is 14.5. The molecule has 0 unspecified atom stereocenters. The number of piperidine rings is 1. The Morgan fingerprint density at radius 1 is 1.33 bits per heavy atom. The van der Waals surface area contributed by atoms with Crippen LogP contribution in [-0.4, -0.2) is 49.8 Å². The van der Waals surface area contributed by atoms with Crippen LogP contribution in [0, 0.1) is 11.3 Å². The number of hydrogen-bond donors (Lipinski definition) is 4. The molecule has 0 atom stereocenters. The van der Waals surface area contributed by atoms with Crippen LogP contribution >= 0.6 is 0 Å². The summed E-state index contributed by atoms with van der Waals surface area (Å²) in [6.45, 7) is 1.70. The first-order valence-corrected chi connectivity index (χ1v) is 11.2. The van der Waals surface area contributed by atoms with Gasteiger partial charge in [-0.05, 0) is 48.6 Å². The molecule has 9 heteroatoms. The second-order valence-electron chi connectivity index (χ2n) is 7.15. The molecule has 3 rings (SSSR count). The first-order valence-electron chi connectivity index (χ1n) is 9.75. The Kier molecular flexibility index (Phi) is 6.96. The maximum atomic E-state index is 12.7. The quantitative estimate of drug-likeness (QED) is 0.460. The van der Waals surface area contributed by atoms with E-state index in [0.29, 0.717) is 24.6 Å². The number of anilines is 1. The van der Waals surface area contributed by atoms with E-state index >= 15 is 0 Å². The molecule has 2 heterocycles. The van der Waals surface area contributed by atoms with Crippen molar-refractivity contribution in [3.63, 3.8) is 0 Å². The zero-order valence-electron chi connectivity index (χ0n) is 16.7. The van der Waals surface area contributed by atoms with Crippen LogP contribution in [-0.2, 0) is 10.0 Å². The van der Waals surface area contributed by atoms with Crippen LogP contribution in [0.4, 0.5) is 5.69 Å². The van der Waals surface area contributed by atoms with Gasteiger partial charge in [0.2, 0.25) is 10.0 Å². The van der Waals surface area contributed by atoms with Crippen molar-refractivity contribution in [3.05, 3.63) is 60.1 Å². The van der Waals surface area contributed by atoms with Gasteiger partial charge in [-0.2, -0.15) is 4.31 Å². The van der Waals surface area contributed by atoms with Gasteiger partial charge in [-0.1, -0.05) is 6.07 Å². The summed E-state index contributed by atoms with van der Waals surface area (Å²) in [6.07, 6.45) is 8.63. The molecule has 1 saturated heterocycles. The lowest BCUT2D eigenvalue weighted by atomic mass is 9.97. The average Bonchev–Trinajstić information content (AvgIpc) is 2.79. The first kappa shape index (κ1) is 21.7. The molecule has 0 radical (unpaired) electrons. The van der Waals surface area contributed by atoms with Crippen molar-refractivity contribution < 1.29 is 13.8 Å². The van der Waals surface area contributed by atoms with Gasteiger partial charge in [-0.25, -0.2) is 8.42 Å². The maximum Gasteiger partial charge on any atom is 0.244 e. The van der Waals surface area contributed by atoms with Crippen LogP contribution in [0.2, 0.25) is 0 Å². The van der Waals surface area contributed by atoms with Crippen molar-refractivity contribution in [1.82, 2.24) is 9.29 Å². The molecule has 1 aromatic carbocycles. The largest absolute Gasteiger partial charge is 0.404 e. The van der Waals surface area contributed by atoms with Gasteiger partial charge in [0.25, 0.3) is 0 Å².